The van der Waals surface area contributed by atoms with Gasteiger partial charge >= 0.3 is 12.1 Å². The summed E-state index contributed by atoms with van der Waals surface area (Å²) in [5.74, 6) is -5.43. The number of nitrogens with one attached hydrogen (secondary N) is 1. The van der Waals surface area contributed by atoms with E-state index < -0.39 is 75.9 Å². The number of pyridine rings is 1. The Morgan fingerprint density at radius 3 is 2.38 bits per heavy atom. The molecule has 0 radical (unpaired) electrons. The van der Waals surface area contributed by atoms with Gasteiger partial charge in [0.25, 0.3) is 5.67 Å². The molecule has 0 aliphatic carbocycles. The highest BCUT2D eigenvalue weighted by Crippen LogP contribution is 2.48. The van der Waals surface area contributed by atoms with Crippen LogP contribution in [0.1, 0.15) is 87.6 Å². The molecule has 0 saturated carbocycles. The number of cyclic esters (lactones) is 1. The first kappa shape index (κ1) is 37.2. The number of esters is 1. The molecule has 2 aliphatic heterocycles. The van der Waals surface area contributed by atoms with Gasteiger partial charge in [0.1, 0.15) is 11.9 Å². The van der Waals surface area contributed by atoms with Crippen molar-refractivity contribution in [2.24, 2.45) is 29.1 Å². The summed E-state index contributed by atoms with van der Waals surface area (Å²) in [5.41, 5.74) is -4.49. The van der Waals surface area contributed by atoms with Crippen molar-refractivity contribution < 1.29 is 37.8 Å². The van der Waals surface area contributed by atoms with Crippen LogP contribution in [0.4, 0.5) is 9.18 Å². The van der Waals surface area contributed by atoms with E-state index >= 15 is 4.39 Å². The standard InChI is InChI=1S/C38H51FN2O7/c1-11-28-38(10)31(41-34(45)48-38)23(3)29(42)22(2)20-36(8,30(35(5,6)7)24(4)32(43)37(9,39)33(44)47-28)46-18-14-15-25-19-26-16-12-13-17-27(26)40-21-25/h12-17,19,21-24,28,30-31H,11,18,20H2,1-10H3,(H,41,45)/b15-14+/t22-,23+,24-,28-,30?,31-,36-,37+,38-/m1/s1. The van der Waals surface area contributed by atoms with E-state index in [1.165, 1.54) is 0 Å². The van der Waals surface area contributed by atoms with Crippen molar-refractivity contribution in [3.8, 4) is 0 Å². The van der Waals surface area contributed by atoms with Crippen molar-refractivity contribution in [2.45, 2.75) is 111 Å². The van der Waals surface area contributed by atoms with Gasteiger partial charge in [-0.05, 0) is 56.7 Å². The third-order valence-corrected chi connectivity index (χ3v) is 10.4. The topological polar surface area (TPSA) is 121 Å². The maximum absolute atomic E-state index is 16.5. The summed E-state index contributed by atoms with van der Waals surface area (Å²) < 4.78 is 34.5. The van der Waals surface area contributed by atoms with Gasteiger partial charge in [0.05, 0.1) is 23.8 Å². The summed E-state index contributed by atoms with van der Waals surface area (Å²) in [6.07, 6.45) is 3.99. The maximum Gasteiger partial charge on any atom is 0.408 e. The number of aromatic nitrogens is 1. The van der Waals surface area contributed by atoms with E-state index in [-0.39, 0.29) is 25.2 Å². The lowest BCUT2D eigenvalue weighted by Crippen LogP contribution is -2.59. The number of hydrogen-bond donors (Lipinski definition) is 1. The number of Topliss-reactive ketones (excluding diaryl/α,β-unsaturated/α-hetero) is 2. The van der Waals surface area contributed by atoms with E-state index in [4.69, 9.17) is 14.2 Å². The lowest BCUT2D eigenvalue weighted by atomic mass is 9.60. The molecule has 10 heteroatoms. The van der Waals surface area contributed by atoms with Crippen molar-refractivity contribution in [3.63, 3.8) is 0 Å². The number of hydrogen-bond acceptors (Lipinski definition) is 8. The fourth-order valence-corrected chi connectivity index (χ4v) is 8.37. The molecule has 4 rings (SSSR count). The van der Waals surface area contributed by atoms with Gasteiger partial charge in [0.15, 0.2) is 11.4 Å². The molecule has 262 valence electrons. The number of nitrogens with zero attached hydrogens (tertiary/aromatic N) is 1. The molecule has 3 heterocycles. The summed E-state index contributed by atoms with van der Waals surface area (Å²) in [5, 5.41) is 3.73. The number of halogens is 1. The second-order valence-electron chi connectivity index (χ2n) is 15.3. The number of carbonyl (C=O) groups excluding carboxylic acids is 4. The van der Waals surface area contributed by atoms with Crippen LogP contribution in [0.5, 0.6) is 0 Å². The van der Waals surface area contributed by atoms with Gasteiger partial charge in [-0.1, -0.05) is 78.8 Å². The number of fused-ring (bicyclic) bond motifs is 2. The van der Waals surface area contributed by atoms with Crippen molar-refractivity contribution in [1.82, 2.24) is 10.3 Å². The molecule has 2 fully saturated rings. The number of rotatable bonds is 5. The molecule has 1 unspecified atom stereocenters. The first-order chi connectivity index (χ1) is 22.3. The van der Waals surface area contributed by atoms with Gasteiger partial charge in [-0.3, -0.25) is 14.6 Å². The van der Waals surface area contributed by atoms with Crippen LogP contribution in [0.2, 0.25) is 0 Å². The number of alkyl halides is 1. The zero-order valence-corrected chi connectivity index (χ0v) is 29.9. The largest absolute Gasteiger partial charge is 0.455 e. The lowest BCUT2D eigenvalue weighted by molar-refractivity contribution is -0.183. The van der Waals surface area contributed by atoms with Gasteiger partial charge in [-0.2, -0.15) is 0 Å². The van der Waals surface area contributed by atoms with Crippen molar-refractivity contribution in [2.75, 3.05) is 6.61 Å². The number of ketones is 2. The van der Waals surface area contributed by atoms with Crippen LogP contribution in [0, 0.1) is 29.1 Å². The maximum atomic E-state index is 16.5. The lowest BCUT2D eigenvalue weighted by Gasteiger charge is -2.49. The number of carbonyl (C=O) groups is 4. The molecule has 2 saturated heterocycles. The molecule has 9 atom stereocenters. The highest BCUT2D eigenvalue weighted by Gasteiger charge is 2.59. The average molecular weight is 667 g/mol. The van der Waals surface area contributed by atoms with Gasteiger partial charge in [0, 0.05) is 35.3 Å². The fourth-order valence-electron chi connectivity index (χ4n) is 8.37. The monoisotopic (exact) mass is 666 g/mol. The first-order valence-electron chi connectivity index (χ1n) is 16.9. The zero-order valence-electron chi connectivity index (χ0n) is 29.9. The van der Waals surface area contributed by atoms with E-state index in [9.17, 15) is 19.2 Å². The third-order valence-electron chi connectivity index (χ3n) is 10.4. The van der Waals surface area contributed by atoms with Crippen LogP contribution in [-0.4, -0.2) is 64.2 Å². The second-order valence-corrected chi connectivity index (χ2v) is 15.3. The molecule has 2 aliphatic rings. The van der Waals surface area contributed by atoms with Crippen molar-refractivity contribution in [3.05, 3.63) is 48.2 Å². The quantitative estimate of drug-likeness (QED) is 0.266. The fraction of sp³-hybridized carbons (Fsp3) is 0.605. The Balaban J connectivity index is 1.76. The van der Waals surface area contributed by atoms with Crippen molar-refractivity contribution in [1.29, 1.82) is 0 Å². The minimum Gasteiger partial charge on any atom is -0.455 e. The Kier molecular flexibility index (Phi) is 10.6. The minimum atomic E-state index is -3.00. The minimum absolute atomic E-state index is 0.130. The van der Waals surface area contributed by atoms with E-state index in [2.05, 4.69) is 10.3 Å². The zero-order chi connectivity index (χ0) is 35.8. The molecule has 1 N–H and O–H groups in total. The van der Waals surface area contributed by atoms with Crippen LogP contribution in [-0.2, 0) is 28.6 Å². The Hall–Kier alpha value is -3.66. The van der Waals surface area contributed by atoms with E-state index in [1.807, 2.05) is 70.2 Å². The molecule has 9 nitrogen and oxygen atoms in total. The molecule has 1 aromatic heterocycles. The summed E-state index contributed by atoms with van der Waals surface area (Å²) in [4.78, 5) is 58.8. The predicted molar refractivity (Wildman–Crippen MR) is 182 cm³/mol. The molecule has 1 aromatic carbocycles. The molecule has 0 bridgehead atoms. The number of para-hydroxylation sites is 1. The van der Waals surface area contributed by atoms with Crippen LogP contribution in [0.3, 0.4) is 0 Å². The SMILES string of the molecule is CC[C@H]1OC(=O)[C@@](C)(F)C(=O)[C@H](C)C(C(C)(C)C)[C@](C)(OC/C=C/c2cnc3ccccc3c2)C[C@@H](C)C(=O)[C@H](C)[C@H]2NC(=O)O[C@@]21C. The summed E-state index contributed by atoms with van der Waals surface area (Å²) in [6.45, 7) is 17.1. The Labute approximate surface area is 283 Å². The molecule has 2 aromatic rings. The van der Waals surface area contributed by atoms with Gasteiger partial charge in [0.2, 0.25) is 0 Å². The first-order valence-corrected chi connectivity index (χ1v) is 16.9. The van der Waals surface area contributed by atoms with E-state index in [1.54, 1.807) is 40.8 Å². The van der Waals surface area contributed by atoms with Crippen LogP contribution < -0.4 is 5.32 Å². The number of benzene rings is 1. The van der Waals surface area contributed by atoms with Crippen LogP contribution in [0.15, 0.2) is 42.6 Å². The Morgan fingerprint density at radius 1 is 1.06 bits per heavy atom. The molecule has 48 heavy (non-hydrogen) atoms. The predicted octanol–water partition coefficient (Wildman–Crippen LogP) is 7.05. The summed E-state index contributed by atoms with van der Waals surface area (Å²) >= 11 is 0. The second kappa shape index (κ2) is 13.7. The third kappa shape index (κ3) is 7.19. The summed E-state index contributed by atoms with van der Waals surface area (Å²) in [7, 11) is 0. The highest BCUT2D eigenvalue weighted by molar-refractivity contribution is 6.07. The highest BCUT2D eigenvalue weighted by atomic mass is 19.1. The average Bonchev–Trinajstić information content (AvgIpc) is 3.33. The molecule has 0 spiro atoms. The van der Waals surface area contributed by atoms with Crippen LogP contribution >= 0.6 is 0 Å². The van der Waals surface area contributed by atoms with Crippen molar-refractivity contribution >= 4 is 40.6 Å². The van der Waals surface area contributed by atoms with Gasteiger partial charge in [-0.15, -0.1) is 0 Å². The van der Waals surface area contributed by atoms with E-state index in [0.717, 1.165) is 23.4 Å². The smallest absolute Gasteiger partial charge is 0.408 e. The molecule has 1 amide bonds. The molecular formula is C38H51FN2O7. The normalized spacial score (nSPS) is 35.6. The van der Waals surface area contributed by atoms with Gasteiger partial charge in [-0.25, -0.2) is 14.0 Å². The number of alkyl carbamates (subject to hydrolysis) is 1. The Morgan fingerprint density at radius 2 is 1.73 bits per heavy atom. The molecular weight excluding hydrogens is 615 g/mol. The number of ether oxygens (including phenoxy) is 3. The summed E-state index contributed by atoms with van der Waals surface area (Å²) in [6, 6.07) is 8.96. The van der Waals surface area contributed by atoms with Crippen LogP contribution in [0.25, 0.3) is 17.0 Å². The number of amides is 1. The Bertz CT molecular complexity index is 1580. The van der Waals surface area contributed by atoms with E-state index in [0.29, 0.717) is 0 Å². The van der Waals surface area contributed by atoms with Gasteiger partial charge < -0.3 is 19.5 Å².